The van der Waals surface area contributed by atoms with Gasteiger partial charge in [0.25, 0.3) is 5.91 Å². The molecule has 0 bridgehead atoms. The zero-order chi connectivity index (χ0) is 17.9. The molecule has 2 aliphatic rings. The Kier molecular flexibility index (Phi) is 4.56. The van der Waals surface area contributed by atoms with Gasteiger partial charge in [0.2, 0.25) is 5.91 Å². The van der Waals surface area contributed by atoms with Crippen molar-refractivity contribution >= 4 is 17.5 Å². The summed E-state index contributed by atoms with van der Waals surface area (Å²) in [6.07, 6.45) is 5.80. The first kappa shape index (κ1) is 16.6. The van der Waals surface area contributed by atoms with Gasteiger partial charge in [-0.25, -0.2) is 0 Å². The fourth-order valence-electron chi connectivity index (χ4n) is 3.75. The van der Waals surface area contributed by atoms with Crippen LogP contribution in [0.15, 0.2) is 48.8 Å². The van der Waals surface area contributed by atoms with Crippen LogP contribution in [0.5, 0.6) is 5.75 Å². The zero-order valence-corrected chi connectivity index (χ0v) is 14.5. The molecule has 2 aromatic rings. The summed E-state index contributed by atoms with van der Waals surface area (Å²) in [4.78, 5) is 32.7. The van der Waals surface area contributed by atoms with Gasteiger partial charge in [-0.3, -0.25) is 14.6 Å². The molecule has 0 aliphatic carbocycles. The molecule has 26 heavy (non-hydrogen) atoms. The van der Waals surface area contributed by atoms with Gasteiger partial charge in [-0.05, 0) is 42.7 Å². The minimum absolute atomic E-state index is 0.0224. The summed E-state index contributed by atoms with van der Waals surface area (Å²) in [5.74, 6) is 0.667. The number of para-hydroxylation sites is 2. The normalized spacial score (nSPS) is 19.2. The monoisotopic (exact) mass is 351 g/mol. The lowest BCUT2D eigenvalue weighted by atomic mass is 10.1. The zero-order valence-electron chi connectivity index (χ0n) is 14.5. The number of amides is 2. The summed E-state index contributed by atoms with van der Waals surface area (Å²) in [6, 6.07) is 11.5. The van der Waals surface area contributed by atoms with E-state index < -0.39 is 0 Å². The van der Waals surface area contributed by atoms with Crippen LogP contribution in [-0.2, 0) is 9.59 Å². The van der Waals surface area contributed by atoms with Crippen LogP contribution in [0.1, 0.15) is 30.9 Å². The molecule has 0 spiro atoms. The Hall–Kier alpha value is -2.89. The predicted octanol–water partition coefficient (Wildman–Crippen LogP) is 2.56. The number of fused-ring (bicyclic) bond motifs is 1. The van der Waals surface area contributed by atoms with E-state index in [1.54, 1.807) is 17.3 Å². The maximum absolute atomic E-state index is 12.8. The van der Waals surface area contributed by atoms with E-state index in [0.29, 0.717) is 18.7 Å². The van der Waals surface area contributed by atoms with Crippen molar-refractivity contribution in [2.75, 3.05) is 24.6 Å². The van der Waals surface area contributed by atoms with Gasteiger partial charge in [-0.2, -0.15) is 0 Å². The highest BCUT2D eigenvalue weighted by atomic mass is 16.5. The molecule has 0 radical (unpaired) electrons. The van der Waals surface area contributed by atoms with Crippen LogP contribution in [0.3, 0.4) is 0 Å². The predicted molar refractivity (Wildman–Crippen MR) is 96.8 cm³/mol. The number of carbonyl (C=O) groups is 2. The topological polar surface area (TPSA) is 62.7 Å². The minimum atomic E-state index is -0.108. The van der Waals surface area contributed by atoms with Crippen molar-refractivity contribution in [2.45, 2.75) is 25.3 Å². The lowest BCUT2D eigenvalue weighted by Crippen LogP contribution is -2.41. The number of hydrogen-bond acceptors (Lipinski definition) is 4. The highest BCUT2D eigenvalue weighted by Gasteiger charge is 2.31. The first-order chi connectivity index (χ1) is 12.7. The van der Waals surface area contributed by atoms with Gasteiger partial charge in [0, 0.05) is 31.9 Å². The van der Waals surface area contributed by atoms with Crippen LogP contribution < -0.4 is 9.64 Å². The molecular weight excluding hydrogens is 330 g/mol. The number of nitrogens with zero attached hydrogens (tertiary/aromatic N) is 3. The Morgan fingerprint density at radius 3 is 2.85 bits per heavy atom. The molecule has 1 saturated heterocycles. The van der Waals surface area contributed by atoms with E-state index in [1.807, 2.05) is 41.3 Å². The van der Waals surface area contributed by atoms with Crippen molar-refractivity contribution in [3.8, 4) is 5.75 Å². The Balaban J connectivity index is 1.45. The Morgan fingerprint density at radius 1 is 1.19 bits per heavy atom. The van der Waals surface area contributed by atoms with Crippen molar-refractivity contribution < 1.29 is 14.3 Å². The van der Waals surface area contributed by atoms with Gasteiger partial charge >= 0.3 is 0 Å². The van der Waals surface area contributed by atoms with E-state index in [9.17, 15) is 9.59 Å². The van der Waals surface area contributed by atoms with E-state index in [-0.39, 0.29) is 24.5 Å². The molecule has 0 N–H and O–H groups in total. The first-order valence-electron chi connectivity index (χ1n) is 8.95. The minimum Gasteiger partial charge on any atom is -0.482 e. The number of benzene rings is 1. The maximum Gasteiger partial charge on any atom is 0.265 e. The van der Waals surface area contributed by atoms with Gasteiger partial charge in [0.1, 0.15) is 5.75 Å². The second-order valence-corrected chi connectivity index (χ2v) is 6.58. The Bertz CT molecular complexity index is 809. The quantitative estimate of drug-likeness (QED) is 0.849. The average Bonchev–Trinajstić information content (AvgIpc) is 3.18. The van der Waals surface area contributed by atoms with Gasteiger partial charge in [-0.15, -0.1) is 0 Å². The van der Waals surface area contributed by atoms with Crippen LogP contribution in [0.2, 0.25) is 0 Å². The first-order valence-corrected chi connectivity index (χ1v) is 8.95. The van der Waals surface area contributed by atoms with Crippen LogP contribution >= 0.6 is 0 Å². The van der Waals surface area contributed by atoms with Gasteiger partial charge < -0.3 is 14.5 Å². The molecule has 1 aromatic carbocycles. The molecule has 4 rings (SSSR count). The number of pyridine rings is 1. The summed E-state index contributed by atoms with van der Waals surface area (Å²) in [5, 5.41) is 0. The van der Waals surface area contributed by atoms with Gasteiger partial charge in [-0.1, -0.05) is 12.1 Å². The highest BCUT2D eigenvalue weighted by Crippen LogP contribution is 2.33. The fraction of sp³-hybridized carbons (Fsp3) is 0.350. The molecule has 6 heteroatoms. The lowest BCUT2D eigenvalue weighted by molar-refractivity contribution is -0.132. The largest absolute Gasteiger partial charge is 0.482 e. The van der Waals surface area contributed by atoms with Crippen LogP contribution in [0, 0.1) is 0 Å². The molecule has 134 valence electrons. The van der Waals surface area contributed by atoms with E-state index in [0.717, 1.165) is 30.6 Å². The molecule has 1 fully saturated rings. The third-order valence-electron chi connectivity index (χ3n) is 5.02. The third-order valence-corrected chi connectivity index (χ3v) is 5.02. The average molecular weight is 351 g/mol. The summed E-state index contributed by atoms with van der Waals surface area (Å²) < 4.78 is 5.45. The van der Waals surface area contributed by atoms with Crippen LogP contribution in [0.25, 0.3) is 0 Å². The number of likely N-dealkylation sites (tertiary alicyclic amines) is 1. The van der Waals surface area contributed by atoms with E-state index in [1.165, 1.54) is 0 Å². The van der Waals surface area contributed by atoms with E-state index >= 15 is 0 Å². The fourth-order valence-corrected chi connectivity index (χ4v) is 3.75. The SMILES string of the molecule is O=C1COc2ccccc2N1CCC(=O)N1CCCC1c1ccncc1. The molecule has 6 nitrogen and oxygen atoms in total. The van der Waals surface area contributed by atoms with Crippen LogP contribution in [-0.4, -0.2) is 41.4 Å². The van der Waals surface area contributed by atoms with Gasteiger partial charge in [0.15, 0.2) is 6.61 Å². The highest BCUT2D eigenvalue weighted by molar-refractivity contribution is 5.98. The molecule has 1 aromatic heterocycles. The number of ether oxygens (including phenoxy) is 1. The van der Waals surface area contributed by atoms with Crippen molar-refractivity contribution in [3.05, 3.63) is 54.4 Å². The molecule has 1 atom stereocenters. The van der Waals surface area contributed by atoms with Crippen molar-refractivity contribution in [2.24, 2.45) is 0 Å². The smallest absolute Gasteiger partial charge is 0.265 e. The summed E-state index contributed by atoms with van der Waals surface area (Å²) in [6.45, 7) is 1.16. The van der Waals surface area contributed by atoms with Crippen molar-refractivity contribution in [3.63, 3.8) is 0 Å². The number of hydrogen-bond donors (Lipinski definition) is 0. The van der Waals surface area contributed by atoms with Crippen molar-refractivity contribution in [1.29, 1.82) is 0 Å². The van der Waals surface area contributed by atoms with E-state index in [2.05, 4.69) is 4.98 Å². The molecule has 0 saturated carbocycles. The number of anilines is 1. The summed E-state index contributed by atoms with van der Waals surface area (Å²) >= 11 is 0. The molecule has 2 aliphatic heterocycles. The summed E-state index contributed by atoms with van der Waals surface area (Å²) in [7, 11) is 0. The number of rotatable bonds is 4. The lowest BCUT2D eigenvalue weighted by Gasteiger charge is -2.30. The van der Waals surface area contributed by atoms with Gasteiger partial charge in [0.05, 0.1) is 11.7 Å². The number of aromatic nitrogens is 1. The second-order valence-electron chi connectivity index (χ2n) is 6.58. The number of carbonyl (C=O) groups excluding carboxylic acids is 2. The Labute approximate surface area is 152 Å². The standard InChI is InChI=1S/C20H21N3O3/c24-19(22-12-3-5-16(22)15-7-10-21-11-8-15)9-13-23-17-4-1-2-6-18(17)26-14-20(23)25/h1-2,4,6-8,10-11,16H,3,5,9,12-14H2. The molecule has 2 amide bonds. The maximum atomic E-state index is 12.8. The molecule has 1 unspecified atom stereocenters. The van der Waals surface area contributed by atoms with Crippen LogP contribution in [0.4, 0.5) is 5.69 Å². The third kappa shape index (κ3) is 3.14. The molecular formula is C20H21N3O3. The second kappa shape index (κ2) is 7.15. The molecule has 3 heterocycles. The van der Waals surface area contributed by atoms with E-state index in [4.69, 9.17) is 4.74 Å². The van der Waals surface area contributed by atoms with Crippen molar-refractivity contribution in [1.82, 2.24) is 9.88 Å². The summed E-state index contributed by atoms with van der Waals surface area (Å²) in [5.41, 5.74) is 1.86. The Morgan fingerprint density at radius 2 is 2.00 bits per heavy atom.